The number of hydrogen-bond donors (Lipinski definition) is 2. The minimum Gasteiger partial charge on any atom is -0.354 e. The molecule has 1 aromatic heterocycles. The van der Waals surface area contributed by atoms with Gasteiger partial charge in [-0.3, -0.25) is 19.3 Å². The summed E-state index contributed by atoms with van der Waals surface area (Å²) in [4.78, 5) is 44.0. The third kappa shape index (κ3) is 3.82. The molecule has 2 N–H and O–H groups in total. The second-order valence-electron chi connectivity index (χ2n) is 7.55. The summed E-state index contributed by atoms with van der Waals surface area (Å²) in [6.07, 6.45) is 2.24. The Bertz CT molecular complexity index is 715. The molecule has 2 aliphatic rings. The number of nitrogens with one attached hydrogen (secondary N) is 2. The summed E-state index contributed by atoms with van der Waals surface area (Å²) in [5, 5.41) is 2.89. The maximum Gasteiger partial charge on any atom is 0.270 e. The van der Waals surface area contributed by atoms with E-state index < -0.39 is 0 Å². The van der Waals surface area contributed by atoms with E-state index in [1.54, 1.807) is 0 Å². The van der Waals surface area contributed by atoms with Gasteiger partial charge >= 0.3 is 0 Å². The van der Waals surface area contributed by atoms with E-state index >= 15 is 0 Å². The van der Waals surface area contributed by atoms with E-state index in [0.29, 0.717) is 44.8 Å². The predicted molar refractivity (Wildman–Crippen MR) is 98.4 cm³/mol. The molecule has 1 aromatic rings. The monoisotopic (exact) mass is 360 g/mol. The van der Waals surface area contributed by atoms with Gasteiger partial charge in [0.15, 0.2) is 5.78 Å². The van der Waals surface area contributed by atoms with Gasteiger partial charge in [0.25, 0.3) is 5.91 Å². The molecule has 2 amide bonds. The van der Waals surface area contributed by atoms with Crippen LogP contribution < -0.4 is 5.32 Å². The lowest BCUT2D eigenvalue weighted by Crippen LogP contribution is -2.51. The van der Waals surface area contributed by atoms with Gasteiger partial charge in [0, 0.05) is 49.9 Å². The Hall–Kier alpha value is -2.15. The highest BCUT2D eigenvalue weighted by atomic mass is 16.2. The van der Waals surface area contributed by atoms with Crippen molar-refractivity contribution in [3.8, 4) is 0 Å². The number of amides is 2. The fraction of sp³-hybridized carbons (Fsp3) is 0.632. The molecule has 0 radical (unpaired) electrons. The number of aromatic nitrogens is 1. The van der Waals surface area contributed by atoms with Crippen molar-refractivity contribution >= 4 is 17.6 Å². The number of aryl methyl sites for hydroxylation is 1. The summed E-state index contributed by atoms with van der Waals surface area (Å²) in [5.74, 6) is 0.113. The SMILES string of the molecule is Cc1c(C(=O)N2CCN(CC(=O)NC(C)C)CC2)[nH]c2c1C(=O)CCC2. The van der Waals surface area contributed by atoms with Gasteiger partial charge in [0.2, 0.25) is 5.91 Å². The van der Waals surface area contributed by atoms with Crippen molar-refractivity contribution in [3.63, 3.8) is 0 Å². The van der Waals surface area contributed by atoms with Gasteiger partial charge in [-0.2, -0.15) is 0 Å². The number of aromatic amines is 1. The molecule has 1 aliphatic heterocycles. The third-order valence-electron chi connectivity index (χ3n) is 5.13. The number of nitrogens with zero attached hydrogens (tertiary/aromatic N) is 2. The fourth-order valence-corrected chi connectivity index (χ4v) is 3.83. The minimum atomic E-state index is -0.0454. The fourth-order valence-electron chi connectivity index (χ4n) is 3.83. The van der Waals surface area contributed by atoms with Crippen LogP contribution in [-0.4, -0.2) is 71.1 Å². The molecule has 1 fully saturated rings. The average Bonchev–Trinajstić information content (AvgIpc) is 2.92. The van der Waals surface area contributed by atoms with Crippen LogP contribution in [0.5, 0.6) is 0 Å². The van der Waals surface area contributed by atoms with Crippen molar-refractivity contribution in [2.24, 2.45) is 0 Å². The average molecular weight is 360 g/mol. The molecular formula is C19H28N4O3. The molecule has 0 spiro atoms. The first-order valence-electron chi connectivity index (χ1n) is 9.42. The van der Waals surface area contributed by atoms with E-state index in [2.05, 4.69) is 15.2 Å². The van der Waals surface area contributed by atoms with Crippen LogP contribution in [0.3, 0.4) is 0 Å². The van der Waals surface area contributed by atoms with Gasteiger partial charge in [-0.25, -0.2) is 0 Å². The first kappa shape index (κ1) is 18.6. The van der Waals surface area contributed by atoms with Gasteiger partial charge < -0.3 is 15.2 Å². The molecule has 2 heterocycles. The van der Waals surface area contributed by atoms with Gasteiger partial charge in [-0.1, -0.05) is 0 Å². The number of ketones is 1. The molecule has 0 unspecified atom stereocenters. The summed E-state index contributed by atoms with van der Waals surface area (Å²) >= 11 is 0. The van der Waals surface area contributed by atoms with Crippen LogP contribution in [-0.2, 0) is 11.2 Å². The van der Waals surface area contributed by atoms with Gasteiger partial charge in [0.05, 0.1) is 6.54 Å². The topological polar surface area (TPSA) is 85.5 Å². The zero-order chi connectivity index (χ0) is 18.8. The highest BCUT2D eigenvalue weighted by Gasteiger charge is 2.30. The molecule has 0 atom stereocenters. The molecule has 3 rings (SSSR count). The third-order valence-corrected chi connectivity index (χ3v) is 5.13. The van der Waals surface area contributed by atoms with E-state index in [9.17, 15) is 14.4 Å². The van der Waals surface area contributed by atoms with Gasteiger partial charge in [0.1, 0.15) is 5.69 Å². The lowest BCUT2D eigenvalue weighted by Gasteiger charge is -2.34. The molecule has 7 heteroatoms. The molecule has 0 bridgehead atoms. The molecule has 7 nitrogen and oxygen atoms in total. The number of H-pyrrole nitrogens is 1. The molecule has 1 saturated heterocycles. The smallest absolute Gasteiger partial charge is 0.270 e. The summed E-state index contributed by atoms with van der Waals surface area (Å²) < 4.78 is 0. The number of fused-ring (bicyclic) bond motifs is 1. The molecule has 0 saturated carbocycles. The number of piperazine rings is 1. The number of Topliss-reactive ketones (excluding diaryl/α,β-unsaturated/α-hetero) is 1. The van der Waals surface area contributed by atoms with Gasteiger partial charge in [-0.05, 0) is 39.2 Å². The molecule has 0 aromatic carbocycles. The van der Waals surface area contributed by atoms with Crippen LogP contribution in [0.2, 0.25) is 0 Å². The molecule has 142 valence electrons. The summed E-state index contributed by atoms with van der Waals surface area (Å²) in [6, 6.07) is 0.134. The largest absolute Gasteiger partial charge is 0.354 e. The van der Waals surface area contributed by atoms with Crippen LogP contribution in [0.1, 0.15) is 58.8 Å². The van der Waals surface area contributed by atoms with Crippen LogP contribution in [0.15, 0.2) is 0 Å². The van der Waals surface area contributed by atoms with Gasteiger partial charge in [-0.15, -0.1) is 0 Å². The van der Waals surface area contributed by atoms with E-state index in [1.165, 1.54) is 0 Å². The molecular weight excluding hydrogens is 332 g/mol. The van der Waals surface area contributed by atoms with Crippen molar-refractivity contribution in [2.75, 3.05) is 32.7 Å². The maximum absolute atomic E-state index is 12.9. The zero-order valence-corrected chi connectivity index (χ0v) is 15.9. The Morgan fingerprint density at radius 2 is 1.85 bits per heavy atom. The van der Waals surface area contributed by atoms with Crippen molar-refractivity contribution in [1.29, 1.82) is 0 Å². The second kappa shape index (κ2) is 7.61. The van der Waals surface area contributed by atoms with E-state index in [1.807, 2.05) is 25.7 Å². The Labute approximate surface area is 154 Å². The first-order valence-corrected chi connectivity index (χ1v) is 9.42. The van der Waals surface area contributed by atoms with Crippen LogP contribution in [0.4, 0.5) is 0 Å². The first-order chi connectivity index (χ1) is 12.4. The minimum absolute atomic E-state index is 0.0196. The number of rotatable bonds is 4. The van der Waals surface area contributed by atoms with Crippen LogP contribution >= 0.6 is 0 Å². The van der Waals surface area contributed by atoms with E-state index in [0.717, 1.165) is 29.7 Å². The van der Waals surface area contributed by atoms with E-state index in [4.69, 9.17) is 0 Å². The van der Waals surface area contributed by atoms with Crippen molar-refractivity contribution in [2.45, 2.75) is 46.1 Å². The lowest BCUT2D eigenvalue weighted by molar-refractivity contribution is -0.123. The van der Waals surface area contributed by atoms with Crippen LogP contribution in [0, 0.1) is 6.92 Å². The Kier molecular flexibility index (Phi) is 5.46. The quantitative estimate of drug-likeness (QED) is 0.843. The number of carbonyl (C=O) groups excluding carboxylic acids is 3. The normalized spacial score (nSPS) is 18.2. The number of hydrogen-bond acceptors (Lipinski definition) is 4. The highest BCUT2D eigenvalue weighted by Crippen LogP contribution is 2.27. The van der Waals surface area contributed by atoms with Crippen LogP contribution in [0.25, 0.3) is 0 Å². The number of carbonyl (C=O) groups is 3. The Morgan fingerprint density at radius 3 is 2.46 bits per heavy atom. The Balaban J connectivity index is 1.61. The maximum atomic E-state index is 12.9. The summed E-state index contributed by atoms with van der Waals surface area (Å²) in [5.41, 5.74) is 2.97. The predicted octanol–water partition coefficient (Wildman–Crippen LogP) is 1.12. The Morgan fingerprint density at radius 1 is 1.15 bits per heavy atom. The zero-order valence-electron chi connectivity index (χ0n) is 15.9. The summed E-state index contributed by atoms with van der Waals surface area (Å²) in [7, 11) is 0. The van der Waals surface area contributed by atoms with Crippen molar-refractivity contribution in [1.82, 2.24) is 20.1 Å². The molecule has 1 aliphatic carbocycles. The lowest BCUT2D eigenvalue weighted by atomic mass is 9.93. The standard InChI is InChI=1S/C19H28N4O3/c1-12(2)20-16(25)11-22-7-9-23(10-8-22)19(26)18-13(3)17-14(21-18)5-4-6-15(17)24/h12,21H,4-11H2,1-3H3,(H,20,25). The highest BCUT2D eigenvalue weighted by molar-refractivity contribution is 6.04. The molecule has 26 heavy (non-hydrogen) atoms. The summed E-state index contributed by atoms with van der Waals surface area (Å²) in [6.45, 7) is 8.64. The van der Waals surface area contributed by atoms with Crippen molar-refractivity contribution in [3.05, 3.63) is 22.5 Å². The van der Waals surface area contributed by atoms with E-state index in [-0.39, 0.29) is 23.6 Å². The van der Waals surface area contributed by atoms with Crippen molar-refractivity contribution < 1.29 is 14.4 Å². The second-order valence-corrected chi connectivity index (χ2v) is 7.55.